The summed E-state index contributed by atoms with van der Waals surface area (Å²) in [7, 11) is 0. The van der Waals surface area contributed by atoms with E-state index in [9.17, 15) is 14.7 Å². The quantitative estimate of drug-likeness (QED) is 0.240. The Morgan fingerprint density at radius 3 is 2.54 bits per heavy atom. The van der Waals surface area contributed by atoms with Gasteiger partial charge in [-0.3, -0.25) is 4.79 Å². The highest BCUT2D eigenvalue weighted by atomic mass is 32.2. The summed E-state index contributed by atoms with van der Waals surface area (Å²) in [6.45, 7) is 4.26. The molecule has 4 nitrogen and oxygen atoms in total. The number of aliphatic hydroxyl groups is 1. The van der Waals surface area contributed by atoms with Gasteiger partial charge in [-0.15, -0.1) is 11.8 Å². The van der Waals surface area contributed by atoms with Crippen molar-refractivity contribution in [3.63, 3.8) is 0 Å². The maximum Gasteiger partial charge on any atom is 0.345 e. The summed E-state index contributed by atoms with van der Waals surface area (Å²) in [5, 5.41) is 9.65. The largest absolute Gasteiger partial charge is 0.463 e. The Labute approximate surface area is 163 Å². The smallest absolute Gasteiger partial charge is 0.345 e. The zero-order valence-corrected chi connectivity index (χ0v) is 17.5. The molecule has 1 N–H and O–H groups in total. The van der Waals surface area contributed by atoms with Crippen molar-refractivity contribution in [2.45, 2.75) is 96.3 Å². The number of unbranched alkanes of at least 4 members (excludes halogenated alkanes) is 6. The molecule has 152 valence electrons. The van der Waals surface area contributed by atoms with Crippen LogP contribution >= 0.6 is 11.8 Å². The number of carbonyl (C=O) groups is 2. The molecule has 0 aromatic carbocycles. The van der Waals surface area contributed by atoms with Crippen LogP contribution in [-0.2, 0) is 14.3 Å². The summed E-state index contributed by atoms with van der Waals surface area (Å²) in [5.74, 6) is 1.47. The van der Waals surface area contributed by atoms with Gasteiger partial charge in [-0.05, 0) is 44.3 Å². The predicted molar refractivity (Wildman–Crippen MR) is 108 cm³/mol. The fourth-order valence-electron chi connectivity index (χ4n) is 3.85. The van der Waals surface area contributed by atoms with Crippen molar-refractivity contribution in [2.24, 2.45) is 11.8 Å². The van der Waals surface area contributed by atoms with Gasteiger partial charge in [0.1, 0.15) is 5.78 Å². The topological polar surface area (TPSA) is 63.6 Å². The van der Waals surface area contributed by atoms with E-state index in [4.69, 9.17) is 4.74 Å². The Morgan fingerprint density at radius 1 is 1.12 bits per heavy atom. The van der Waals surface area contributed by atoms with E-state index in [-0.39, 0.29) is 5.92 Å². The average molecular weight is 387 g/mol. The number of hydrogen-bond donors (Lipinski definition) is 1. The van der Waals surface area contributed by atoms with Gasteiger partial charge in [0.05, 0.1) is 6.61 Å². The minimum absolute atomic E-state index is 0.255. The molecule has 0 heterocycles. The lowest BCUT2D eigenvalue weighted by Crippen LogP contribution is -2.20. The molecule has 0 saturated heterocycles. The van der Waals surface area contributed by atoms with Crippen LogP contribution in [0.25, 0.3) is 0 Å². The summed E-state index contributed by atoms with van der Waals surface area (Å²) in [4.78, 5) is 23.5. The number of hydrogen-bond acceptors (Lipinski definition) is 5. The van der Waals surface area contributed by atoms with E-state index in [0.29, 0.717) is 18.3 Å². The summed E-state index contributed by atoms with van der Waals surface area (Å²) in [6, 6.07) is 0. The number of thioether (sulfide) groups is 1. The van der Waals surface area contributed by atoms with Gasteiger partial charge < -0.3 is 9.84 Å². The number of esters is 1. The second kappa shape index (κ2) is 14.5. The van der Waals surface area contributed by atoms with Crippen LogP contribution in [-0.4, -0.2) is 34.7 Å². The van der Waals surface area contributed by atoms with Gasteiger partial charge in [-0.25, -0.2) is 4.79 Å². The molecular weight excluding hydrogens is 348 g/mol. The maximum absolute atomic E-state index is 12.2. The lowest BCUT2D eigenvalue weighted by molar-refractivity contribution is -0.148. The van der Waals surface area contributed by atoms with Crippen LogP contribution in [0.5, 0.6) is 0 Å². The third-order valence-electron chi connectivity index (χ3n) is 5.35. The van der Waals surface area contributed by atoms with Crippen molar-refractivity contribution in [2.75, 3.05) is 12.4 Å². The molecule has 1 unspecified atom stereocenters. The van der Waals surface area contributed by atoms with E-state index in [2.05, 4.69) is 6.92 Å². The number of Topliss-reactive ketones (excluding diaryl/α,β-unsaturated/α-hetero) is 1. The van der Waals surface area contributed by atoms with Crippen molar-refractivity contribution < 1.29 is 19.4 Å². The molecule has 0 amide bonds. The molecule has 1 fully saturated rings. The van der Waals surface area contributed by atoms with Crippen molar-refractivity contribution in [3.8, 4) is 0 Å². The highest BCUT2D eigenvalue weighted by Gasteiger charge is 2.33. The van der Waals surface area contributed by atoms with Crippen molar-refractivity contribution in [1.82, 2.24) is 0 Å². The Hall–Kier alpha value is -0.550. The number of carbonyl (C=O) groups excluding carboxylic acids is 2. The Kier molecular flexibility index (Phi) is 13.1. The van der Waals surface area contributed by atoms with E-state index in [0.717, 1.165) is 37.9 Å². The Bertz CT molecular complexity index is 399. The molecule has 1 rings (SSSR count). The minimum atomic E-state index is -1.08. The molecule has 26 heavy (non-hydrogen) atoms. The van der Waals surface area contributed by atoms with Gasteiger partial charge in [0.2, 0.25) is 0 Å². The predicted octanol–water partition coefficient (Wildman–Crippen LogP) is 5.12. The van der Waals surface area contributed by atoms with Crippen LogP contribution in [0.1, 0.15) is 90.9 Å². The third kappa shape index (κ3) is 9.40. The number of rotatable bonds is 15. The number of ketones is 1. The van der Waals surface area contributed by atoms with Crippen LogP contribution in [0.4, 0.5) is 0 Å². The first kappa shape index (κ1) is 23.5. The summed E-state index contributed by atoms with van der Waals surface area (Å²) < 4.78 is 4.78. The Balaban J connectivity index is 2.14. The first-order valence-electron chi connectivity index (χ1n) is 10.6. The van der Waals surface area contributed by atoms with Crippen LogP contribution in [0.2, 0.25) is 0 Å². The standard InChI is InChI=1S/C21H38O4S/c1-3-5-6-7-8-9-12-17-14-15-19(22)18(17)13-10-11-16-26-21(24)20(23)25-4-2/h17-18,21,24H,3-16H2,1-2H3/t17-,18+,21?/m0/s1. The molecule has 1 aliphatic carbocycles. The molecule has 0 bridgehead atoms. The zero-order chi connectivity index (χ0) is 19.2. The highest BCUT2D eigenvalue weighted by molar-refractivity contribution is 8.00. The lowest BCUT2D eigenvalue weighted by atomic mass is 9.86. The number of ether oxygens (including phenoxy) is 1. The van der Waals surface area contributed by atoms with Gasteiger partial charge in [0, 0.05) is 12.3 Å². The number of aliphatic hydroxyl groups excluding tert-OH is 1. The van der Waals surface area contributed by atoms with Gasteiger partial charge in [0.15, 0.2) is 5.44 Å². The second-order valence-corrected chi connectivity index (χ2v) is 8.59. The van der Waals surface area contributed by atoms with E-state index in [1.807, 2.05) is 0 Å². The minimum Gasteiger partial charge on any atom is -0.463 e. The van der Waals surface area contributed by atoms with E-state index >= 15 is 0 Å². The van der Waals surface area contributed by atoms with Crippen molar-refractivity contribution in [1.29, 1.82) is 0 Å². The summed E-state index contributed by atoms with van der Waals surface area (Å²) in [5.41, 5.74) is -1.08. The third-order valence-corrected chi connectivity index (χ3v) is 6.38. The normalized spacial score (nSPS) is 21.1. The summed E-state index contributed by atoms with van der Waals surface area (Å²) in [6.07, 6.45) is 13.8. The van der Waals surface area contributed by atoms with Gasteiger partial charge in [0.25, 0.3) is 0 Å². The second-order valence-electron chi connectivity index (χ2n) is 7.40. The molecule has 0 spiro atoms. The Morgan fingerprint density at radius 2 is 1.81 bits per heavy atom. The average Bonchev–Trinajstić information content (AvgIpc) is 2.97. The van der Waals surface area contributed by atoms with Gasteiger partial charge >= 0.3 is 5.97 Å². The fourth-order valence-corrected chi connectivity index (χ4v) is 4.65. The molecule has 5 heteroatoms. The molecular formula is C21H38O4S. The molecule has 1 saturated carbocycles. The van der Waals surface area contributed by atoms with Crippen LogP contribution in [0.3, 0.4) is 0 Å². The molecule has 3 atom stereocenters. The summed E-state index contributed by atoms with van der Waals surface area (Å²) >= 11 is 1.23. The molecule has 0 aromatic rings. The maximum atomic E-state index is 12.2. The molecule has 0 radical (unpaired) electrons. The fraction of sp³-hybridized carbons (Fsp3) is 0.905. The first-order valence-corrected chi connectivity index (χ1v) is 11.6. The first-order chi connectivity index (χ1) is 12.6. The van der Waals surface area contributed by atoms with Gasteiger partial charge in [-0.2, -0.15) is 0 Å². The zero-order valence-electron chi connectivity index (χ0n) is 16.7. The van der Waals surface area contributed by atoms with E-state index in [1.54, 1.807) is 6.92 Å². The van der Waals surface area contributed by atoms with Crippen LogP contribution < -0.4 is 0 Å². The highest BCUT2D eigenvalue weighted by Crippen LogP contribution is 2.36. The molecule has 1 aliphatic rings. The van der Waals surface area contributed by atoms with E-state index in [1.165, 1.54) is 56.7 Å². The van der Waals surface area contributed by atoms with Crippen molar-refractivity contribution >= 4 is 23.5 Å². The molecule has 0 aromatic heterocycles. The van der Waals surface area contributed by atoms with Gasteiger partial charge in [-0.1, -0.05) is 51.9 Å². The van der Waals surface area contributed by atoms with Crippen LogP contribution in [0, 0.1) is 11.8 Å². The monoisotopic (exact) mass is 386 g/mol. The van der Waals surface area contributed by atoms with Crippen molar-refractivity contribution in [3.05, 3.63) is 0 Å². The van der Waals surface area contributed by atoms with E-state index < -0.39 is 11.4 Å². The lowest BCUT2D eigenvalue weighted by Gasteiger charge is -2.18. The molecule has 0 aliphatic heterocycles. The SMILES string of the molecule is CCCCCCCC[C@H]1CCC(=O)[C@@H]1CCCCSC(O)C(=O)OCC. The van der Waals surface area contributed by atoms with Crippen LogP contribution in [0.15, 0.2) is 0 Å².